The summed E-state index contributed by atoms with van der Waals surface area (Å²) in [6, 6.07) is 11.1. The fraction of sp³-hybridized carbons (Fsp3) is 0.167. The third kappa shape index (κ3) is 4.94. The molecule has 0 radical (unpaired) electrons. The topological polar surface area (TPSA) is 71.1 Å². The Kier molecular flexibility index (Phi) is 6.08. The second-order valence-corrected chi connectivity index (χ2v) is 8.72. The number of aryl methyl sites for hydroxylation is 1. The number of anilines is 2. The Labute approximate surface area is 163 Å². The molecule has 2 aromatic heterocycles. The maximum absolute atomic E-state index is 12.2. The Morgan fingerprint density at radius 1 is 1.12 bits per heavy atom. The van der Waals surface area contributed by atoms with Gasteiger partial charge < -0.3 is 10.6 Å². The summed E-state index contributed by atoms with van der Waals surface area (Å²) >= 11 is 4.28. The number of rotatable bonds is 6. The first kappa shape index (κ1) is 18.6. The van der Waals surface area contributed by atoms with Crippen LogP contribution in [0.1, 0.15) is 22.3 Å². The van der Waals surface area contributed by atoms with Crippen molar-refractivity contribution in [1.82, 2.24) is 4.98 Å². The second-order valence-electron chi connectivity index (χ2n) is 5.50. The number of carbonyl (C=O) groups excluding carboxylic acids is 2. The summed E-state index contributed by atoms with van der Waals surface area (Å²) < 4.78 is 0. The molecule has 2 heterocycles. The van der Waals surface area contributed by atoms with E-state index < -0.39 is 0 Å². The number of carbonyl (C=O) groups is 2. The number of aromatic nitrogens is 1. The first-order valence-electron chi connectivity index (χ1n) is 7.86. The minimum absolute atomic E-state index is 0.0839. The van der Waals surface area contributed by atoms with E-state index in [1.165, 1.54) is 34.4 Å². The van der Waals surface area contributed by atoms with E-state index in [1.54, 1.807) is 6.07 Å². The van der Waals surface area contributed by atoms with Gasteiger partial charge in [0.2, 0.25) is 5.91 Å². The quantitative estimate of drug-likeness (QED) is 0.575. The number of thioether (sulfide) groups is 1. The maximum atomic E-state index is 12.2. The van der Waals surface area contributed by atoms with Crippen LogP contribution in [0.3, 0.4) is 0 Å². The number of thiophene rings is 1. The third-order valence-corrected chi connectivity index (χ3v) is 6.24. The van der Waals surface area contributed by atoms with E-state index in [4.69, 9.17) is 0 Å². The average molecular weight is 404 g/mol. The lowest BCUT2D eigenvalue weighted by atomic mass is 10.3. The standard InChI is InChI=1S/C18H17N3O2S3/c1-11-10-25-18(19-11)21-16(22)12(2)26-14-7-5-13(6-8-14)20-17(23)15-4-3-9-24-15/h3-10,12H,1-2H3,(H,20,23)(H,19,21,22). The van der Waals surface area contributed by atoms with Gasteiger partial charge in [-0.15, -0.1) is 34.4 Å². The minimum atomic E-state index is -0.259. The van der Waals surface area contributed by atoms with Gasteiger partial charge in [0.05, 0.1) is 15.8 Å². The summed E-state index contributed by atoms with van der Waals surface area (Å²) in [6.45, 7) is 3.75. The normalized spacial score (nSPS) is 11.8. The Morgan fingerprint density at radius 2 is 1.88 bits per heavy atom. The van der Waals surface area contributed by atoms with Crippen molar-refractivity contribution in [3.05, 3.63) is 57.7 Å². The van der Waals surface area contributed by atoms with Crippen LogP contribution in [0.5, 0.6) is 0 Å². The van der Waals surface area contributed by atoms with Crippen LogP contribution in [0.4, 0.5) is 10.8 Å². The average Bonchev–Trinajstić information content (AvgIpc) is 3.28. The van der Waals surface area contributed by atoms with Crippen LogP contribution in [0.15, 0.2) is 52.1 Å². The van der Waals surface area contributed by atoms with Gasteiger partial charge >= 0.3 is 0 Å². The summed E-state index contributed by atoms with van der Waals surface area (Å²) in [7, 11) is 0. The van der Waals surface area contributed by atoms with Gasteiger partial charge in [-0.2, -0.15) is 0 Å². The molecule has 0 aliphatic heterocycles. The molecular formula is C18H17N3O2S3. The van der Waals surface area contributed by atoms with Crippen molar-refractivity contribution in [2.24, 2.45) is 0 Å². The van der Waals surface area contributed by atoms with Crippen molar-refractivity contribution in [3.8, 4) is 0 Å². The second kappa shape index (κ2) is 8.48. The van der Waals surface area contributed by atoms with Crippen molar-refractivity contribution in [2.45, 2.75) is 24.0 Å². The Bertz CT molecular complexity index is 889. The highest BCUT2D eigenvalue weighted by molar-refractivity contribution is 8.00. The molecule has 0 fully saturated rings. The first-order chi connectivity index (χ1) is 12.5. The van der Waals surface area contributed by atoms with Gasteiger partial charge in [0.1, 0.15) is 0 Å². The molecule has 0 spiro atoms. The van der Waals surface area contributed by atoms with E-state index in [9.17, 15) is 9.59 Å². The lowest BCUT2D eigenvalue weighted by molar-refractivity contribution is -0.115. The molecule has 1 atom stereocenters. The van der Waals surface area contributed by atoms with Gasteiger partial charge in [-0.25, -0.2) is 4.98 Å². The predicted molar refractivity (Wildman–Crippen MR) is 110 cm³/mol. The predicted octanol–water partition coefficient (Wildman–Crippen LogP) is 4.88. The molecule has 26 heavy (non-hydrogen) atoms. The van der Waals surface area contributed by atoms with Gasteiger partial charge in [0.25, 0.3) is 5.91 Å². The fourth-order valence-corrected chi connectivity index (χ4v) is 4.27. The Hall–Kier alpha value is -2.16. The summed E-state index contributed by atoms with van der Waals surface area (Å²) in [4.78, 5) is 30.2. The number of hydrogen-bond donors (Lipinski definition) is 2. The van der Waals surface area contributed by atoms with Gasteiger partial charge in [0.15, 0.2) is 5.13 Å². The minimum Gasteiger partial charge on any atom is -0.321 e. The van der Waals surface area contributed by atoms with Crippen LogP contribution in [0.2, 0.25) is 0 Å². The molecule has 0 aliphatic rings. The summed E-state index contributed by atoms with van der Waals surface area (Å²) in [5.74, 6) is -0.202. The van der Waals surface area contributed by atoms with Crippen LogP contribution in [0, 0.1) is 6.92 Å². The molecule has 2 amide bonds. The Morgan fingerprint density at radius 3 is 2.50 bits per heavy atom. The van der Waals surface area contributed by atoms with E-state index in [0.29, 0.717) is 10.0 Å². The van der Waals surface area contributed by atoms with Crippen molar-refractivity contribution >= 4 is 57.1 Å². The van der Waals surface area contributed by atoms with Gasteiger partial charge in [-0.1, -0.05) is 6.07 Å². The van der Waals surface area contributed by atoms with Crippen LogP contribution in [-0.4, -0.2) is 22.0 Å². The van der Waals surface area contributed by atoms with Crippen LogP contribution < -0.4 is 10.6 Å². The lowest BCUT2D eigenvalue weighted by Crippen LogP contribution is -2.22. The zero-order chi connectivity index (χ0) is 18.5. The third-order valence-electron chi connectivity index (χ3n) is 3.39. The highest BCUT2D eigenvalue weighted by Crippen LogP contribution is 2.26. The highest BCUT2D eigenvalue weighted by Gasteiger charge is 2.16. The molecule has 0 saturated carbocycles. The molecule has 3 rings (SSSR count). The van der Waals surface area contributed by atoms with Crippen molar-refractivity contribution in [2.75, 3.05) is 10.6 Å². The van der Waals surface area contributed by atoms with Gasteiger partial charge in [-0.3, -0.25) is 9.59 Å². The molecule has 134 valence electrons. The molecular weight excluding hydrogens is 386 g/mol. The molecule has 8 heteroatoms. The molecule has 5 nitrogen and oxygen atoms in total. The number of hydrogen-bond acceptors (Lipinski definition) is 6. The Balaban J connectivity index is 1.54. The van der Waals surface area contributed by atoms with E-state index >= 15 is 0 Å². The maximum Gasteiger partial charge on any atom is 0.265 e. The smallest absolute Gasteiger partial charge is 0.265 e. The number of amides is 2. The number of nitrogens with one attached hydrogen (secondary N) is 2. The summed E-state index contributed by atoms with van der Waals surface area (Å²) in [5, 5.41) is 9.81. The summed E-state index contributed by atoms with van der Waals surface area (Å²) in [5.41, 5.74) is 1.62. The van der Waals surface area contributed by atoms with Crippen LogP contribution >= 0.6 is 34.4 Å². The monoisotopic (exact) mass is 403 g/mol. The SMILES string of the molecule is Cc1csc(NC(=O)C(C)Sc2ccc(NC(=O)c3cccs3)cc2)n1. The molecule has 0 aliphatic carbocycles. The van der Waals surface area contributed by atoms with Crippen LogP contribution in [-0.2, 0) is 4.79 Å². The van der Waals surface area contributed by atoms with E-state index in [-0.39, 0.29) is 17.1 Å². The van der Waals surface area contributed by atoms with Gasteiger partial charge in [0, 0.05) is 16.0 Å². The zero-order valence-corrected chi connectivity index (χ0v) is 16.6. The van der Waals surface area contributed by atoms with Crippen LogP contribution in [0.25, 0.3) is 0 Å². The molecule has 1 unspecified atom stereocenters. The summed E-state index contributed by atoms with van der Waals surface area (Å²) in [6.07, 6.45) is 0. The number of thiazole rings is 1. The number of benzene rings is 1. The molecule has 3 aromatic rings. The largest absolute Gasteiger partial charge is 0.321 e. The number of nitrogens with zero attached hydrogens (tertiary/aromatic N) is 1. The first-order valence-corrected chi connectivity index (χ1v) is 10.5. The van der Waals surface area contributed by atoms with E-state index in [0.717, 1.165) is 16.3 Å². The van der Waals surface area contributed by atoms with E-state index in [1.807, 2.05) is 54.9 Å². The van der Waals surface area contributed by atoms with Crippen molar-refractivity contribution < 1.29 is 9.59 Å². The molecule has 0 bridgehead atoms. The highest BCUT2D eigenvalue weighted by atomic mass is 32.2. The molecule has 2 N–H and O–H groups in total. The zero-order valence-electron chi connectivity index (χ0n) is 14.2. The molecule has 1 aromatic carbocycles. The lowest BCUT2D eigenvalue weighted by Gasteiger charge is -2.11. The van der Waals surface area contributed by atoms with Crippen molar-refractivity contribution in [3.63, 3.8) is 0 Å². The van der Waals surface area contributed by atoms with Crippen molar-refractivity contribution in [1.29, 1.82) is 0 Å². The fourth-order valence-electron chi connectivity index (χ4n) is 2.09. The van der Waals surface area contributed by atoms with Gasteiger partial charge in [-0.05, 0) is 49.6 Å². The molecule has 0 saturated heterocycles. The van der Waals surface area contributed by atoms with E-state index in [2.05, 4.69) is 15.6 Å².